The molecular formula is C22H23ClFN3O3. The molecule has 3 aliphatic rings. The zero-order valence-electron chi connectivity index (χ0n) is 16.5. The summed E-state index contributed by atoms with van der Waals surface area (Å²) >= 11 is 5.94. The summed E-state index contributed by atoms with van der Waals surface area (Å²) in [5.74, 6) is -1.55. The van der Waals surface area contributed by atoms with Gasteiger partial charge in [-0.15, -0.1) is 11.6 Å². The third kappa shape index (κ3) is 3.17. The molecule has 0 radical (unpaired) electrons. The van der Waals surface area contributed by atoms with E-state index in [9.17, 15) is 9.18 Å². The van der Waals surface area contributed by atoms with Crippen LogP contribution in [0.5, 0.6) is 0 Å². The third-order valence-electron chi connectivity index (χ3n) is 5.96. The number of hydrogen-bond acceptors (Lipinski definition) is 5. The van der Waals surface area contributed by atoms with Crippen LogP contribution in [0.2, 0.25) is 0 Å². The van der Waals surface area contributed by atoms with Crippen LogP contribution < -0.4 is 9.80 Å². The van der Waals surface area contributed by atoms with Gasteiger partial charge in [-0.3, -0.25) is 14.6 Å². The van der Waals surface area contributed by atoms with Gasteiger partial charge in [-0.05, 0) is 18.2 Å². The highest BCUT2D eigenvalue weighted by Crippen LogP contribution is 2.47. The number of amides is 1. The second kappa shape index (κ2) is 7.81. The highest BCUT2D eigenvalue weighted by molar-refractivity contribution is 6.18. The maximum atomic E-state index is 14.1. The Labute approximate surface area is 179 Å². The average molecular weight is 432 g/mol. The lowest BCUT2D eigenvalue weighted by molar-refractivity contribution is -0.185. The van der Waals surface area contributed by atoms with Crippen molar-refractivity contribution in [3.63, 3.8) is 0 Å². The van der Waals surface area contributed by atoms with Gasteiger partial charge in [-0.1, -0.05) is 30.3 Å². The van der Waals surface area contributed by atoms with Crippen LogP contribution in [0.1, 0.15) is 5.56 Å². The molecule has 0 aromatic heterocycles. The molecule has 30 heavy (non-hydrogen) atoms. The molecule has 1 spiro atoms. The number of rotatable bonds is 4. The van der Waals surface area contributed by atoms with Gasteiger partial charge in [0, 0.05) is 31.7 Å². The van der Waals surface area contributed by atoms with Crippen molar-refractivity contribution >= 4 is 28.9 Å². The lowest BCUT2D eigenvalue weighted by Crippen LogP contribution is -2.52. The van der Waals surface area contributed by atoms with E-state index < -0.39 is 5.79 Å². The molecule has 0 saturated carbocycles. The maximum Gasteiger partial charge on any atom is 0.293 e. The molecule has 2 aromatic rings. The van der Waals surface area contributed by atoms with Crippen LogP contribution in [-0.4, -0.2) is 62.2 Å². The molecule has 6 nitrogen and oxygen atoms in total. The van der Waals surface area contributed by atoms with Gasteiger partial charge in [-0.2, -0.15) is 0 Å². The molecule has 0 N–H and O–H groups in total. The van der Waals surface area contributed by atoms with Gasteiger partial charge in [0.05, 0.1) is 36.6 Å². The molecule has 5 rings (SSSR count). The third-order valence-corrected chi connectivity index (χ3v) is 6.30. The largest absolute Gasteiger partial charge is 0.367 e. The summed E-state index contributed by atoms with van der Waals surface area (Å²) in [6, 6.07) is 14.4. The van der Waals surface area contributed by atoms with E-state index >= 15 is 0 Å². The molecule has 1 amide bonds. The van der Waals surface area contributed by atoms with E-state index in [1.807, 2.05) is 35.2 Å². The fourth-order valence-electron chi connectivity index (χ4n) is 4.41. The van der Waals surface area contributed by atoms with Crippen LogP contribution >= 0.6 is 11.6 Å². The first kappa shape index (κ1) is 19.8. The van der Waals surface area contributed by atoms with E-state index in [2.05, 4.69) is 4.90 Å². The van der Waals surface area contributed by atoms with Gasteiger partial charge >= 0.3 is 0 Å². The predicted molar refractivity (Wildman–Crippen MR) is 112 cm³/mol. The summed E-state index contributed by atoms with van der Waals surface area (Å²) in [7, 11) is 0. The number of fused-ring (bicyclic) bond motifs is 2. The summed E-state index contributed by atoms with van der Waals surface area (Å²) in [5, 5.41) is 0. The quantitative estimate of drug-likeness (QED) is 0.697. The number of ether oxygens (including phenoxy) is 2. The van der Waals surface area contributed by atoms with E-state index in [1.54, 1.807) is 17.0 Å². The molecule has 8 heteroatoms. The monoisotopic (exact) mass is 431 g/mol. The van der Waals surface area contributed by atoms with E-state index in [-0.39, 0.29) is 23.7 Å². The lowest BCUT2D eigenvalue weighted by Gasteiger charge is -2.38. The molecule has 2 atom stereocenters. The first-order valence-corrected chi connectivity index (χ1v) is 10.7. The normalized spacial score (nSPS) is 26.6. The van der Waals surface area contributed by atoms with Crippen LogP contribution in [0.3, 0.4) is 0 Å². The first-order chi connectivity index (χ1) is 14.6. The van der Waals surface area contributed by atoms with Gasteiger partial charge in [0.1, 0.15) is 5.82 Å². The van der Waals surface area contributed by atoms with Crippen LogP contribution in [0.25, 0.3) is 0 Å². The molecule has 2 unspecified atom stereocenters. The minimum atomic E-state index is -1.40. The van der Waals surface area contributed by atoms with E-state index in [4.69, 9.17) is 21.1 Å². The van der Waals surface area contributed by atoms with Gasteiger partial charge in [0.15, 0.2) is 0 Å². The van der Waals surface area contributed by atoms with Crippen molar-refractivity contribution in [2.24, 2.45) is 0 Å². The second-order valence-corrected chi connectivity index (χ2v) is 8.08. The number of para-hydroxylation sites is 2. The van der Waals surface area contributed by atoms with E-state index in [1.165, 1.54) is 6.07 Å². The molecule has 2 aromatic carbocycles. The molecule has 2 fully saturated rings. The number of piperazine rings is 1. The Morgan fingerprint density at radius 1 is 1.03 bits per heavy atom. The van der Waals surface area contributed by atoms with Crippen LogP contribution in [-0.2, 0) is 20.1 Å². The minimum Gasteiger partial charge on any atom is -0.367 e. The minimum absolute atomic E-state index is 0.207. The van der Waals surface area contributed by atoms with Crippen molar-refractivity contribution in [2.75, 3.05) is 55.1 Å². The first-order valence-electron chi connectivity index (χ1n) is 10.1. The van der Waals surface area contributed by atoms with E-state index in [0.29, 0.717) is 32.1 Å². The topological polar surface area (TPSA) is 45.3 Å². The molecule has 3 aliphatic heterocycles. The number of carbonyl (C=O) groups is 1. The highest BCUT2D eigenvalue weighted by atomic mass is 35.5. The molecule has 158 valence electrons. The van der Waals surface area contributed by atoms with Gasteiger partial charge in [0.25, 0.3) is 11.7 Å². The summed E-state index contributed by atoms with van der Waals surface area (Å²) in [6.07, 6.45) is -0.312. The number of alkyl halides is 1. The second-order valence-electron chi connectivity index (χ2n) is 7.77. The Morgan fingerprint density at radius 3 is 2.43 bits per heavy atom. The SMILES string of the molecule is O=C1N(CN2CCN(c3ccccc3F)CC2)c2ccccc2C12OCC(CCl)O2. The Bertz CT molecular complexity index is 953. The van der Waals surface area contributed by atoms with Crippen molar-refractivity contribution in [3.8, 4) is 0 Å². The molecule has 2 saturated heterocycles. The Kier molecular flexibility index (Phi) is 5.14. The molecule has 0 aliphatic carbocycles. The smallest absolute Gasteiger partial charge is 0.293 e. The lowest BCUT2D eigenvalue weighted by atomic mass is 10.1. The number of halogens is 2. The Morgan fingerprint density at radius 2 is 1.73 bits per heavy atom. The van der Waals surface area contributed by atoms with Crippen LogP contribution in [0.4, 0.5) is 15.8 Å². The average Bonchev–Trinajstić information content (AvgIpc) is 3.32. The number of carbonyl (C=O) groups excluding carboxylic acids is 1. The van der Waals surface area contributed by atoms with Gasteiger partial charge in [0.2, 0.25) is 0 Å². The Balaban J connectivity index is 1.31. The fourth-order valence-corrected chi connectivity index (χ4v) is 4.56. The summed E-state index contributed by atoms with van der Waals surface area (Å²) in [5.41, 5.74) is 2.15. The summed E-state index contributed by atoms with van der Waals surface area (Å²) in [4.78, 5) is 19.4. The number of hydrogen-bond donors (Lipinski definition) is 0. The summed E-state index contributed by atoms with van der Waals surface area (Å²) in [6.45, 7) is 3.55. The highest BCUT2D eigenvalue weighted by Gasteiger charge is 2.58. The predicted octanol–water partition coefficient (Wildman–Crippen LogP) is 2.76. The molecule has 0 bridgehead atoms. The van der Waals surface area contributed by atoms with Gasteiger partial charge in [-0.25, -0.2) is 4.39 Å². The number of benzene rings is 2. The zero-order chi connectivity index (χ0) is 20.7. The number of nitrogens with zero attached hydrogens (tertiary/aromatic N) is 3. The summed E-state index contributed by atoms with van der Waals surface area (Å²) < 4.78 is 26.0. The standard InChI is InChI=1S/C22H23ClFN3O3/c23-13-16-14-29-22(30-16)17-5-1-3-7-19(17)27(21(22)28)15-25-9-11-26(12-10-25)20-8-4-2-6-18(20)24/h1-8,16H,9-15H2. The molecule has 3 heterocycles. The number of anilines is 2. The Hall–Kier alpha value is -2.19. The van der Waals surface area contributed by atoms with Crippen molar-refractivity contribution in [1.29, 1.82) is 0 Å². The fraction of sp³-hybridized carbons (Fsp3) is 0.409. The van der Waals surface area contributed by atoms with Crippen molar-refractivity contribution in [2.45, 2.75) is 11.9 Å². The van der Waals surface area contributed by atoms with Gasteiger partial charge < -0.3 is 14.4 Å². The van der Waals surface area contributed by atoms with Crippen molar-refractivity contribution < 1.29 is 18.7 Å². The zero-order valence-corrected chi connectivity index (χ0v) is 17.2. The van der Waals surface area contributed by atoms with Crippen LogP contribution in [0.15, 0.2) is 48.5 Å². The van der Waals surface area contributed by atoms with Crippen molar-refractivity contribution in [1.82, 2.24) is 4.90 Å². The molecular weight excluding hydrogens is 409 g/mol. The van der Waals surface area contributed by atoms with Crippen molar-refractivity contribution in [3.05, 3.63) is 59.9 Å². The van der Waals surface area contributed by atoms with E-state index in [0.717, 1.165) is 24.3 Å². The van der Waals surface area contributed by atoms with Crippen LogP contribution in [0, 0.1) is 5.82 Å². The maximum absolute atomic E-state index is 14.1.